The quantitative estimate of drug-likeness (QED) is 0.857. The monoisotopic (exact) mass is 304 g/mol. The zero-order valence-corrected chi connectivity index (χ0v) is 13.4. The smallest absolute Gasteiger partial charge is 0.255 e. The van der Waals surface area contributed by atoms with Gasteiger partial charge in [-0.3, -0.25) is 9.78 Å². The summed E-state index contributed by atoms with van der Waals surface area (Å²) in [6.45, 7) is 4.53. The number of rotatable bonds is 3. The van der Waals surface area contributed by atoms with Crippen LogP contribution in [-0.2, 0) is 9.47 Å². The molecule has 1 aliphatic heterocycles. The summed E-state index contributed by atoms with van der Waals surface area (Å²) in [6.07, 6.45) is 4.93. The summed E-state index contributed by atoms with van der Waals surface area (Å²) in [5, 5.41) is 0. The zero-order valence-electron chi connectivity index (χ0n) is 13.4. The van der Waals surface area contributed by atoms with E-state index in [4.69, 9.17) is 9.47 Å². The van der Waals surface area contributed by atoms with Crippen molar-refractivity contribution >= 4 is 5.91 Å². The lowest BCUT2D eigenvalue weighted by atomic mass is 9.89. The molecular weight excluding hydrogens is 280 g/mol. The van der Waals surface area contributed by atoms with E-state index in [0.29, 0.717) is 37.8 Å². The molecule has 1 aromatic rings. The zero-order chi connectivity index (χ0) is 15.6. The Morgan fingerprint density at radius 2 is 2.41 bits per heavy atom. The highest BCUT2D eigenvalue weighted by Crippen LogP contribution is 2.41. The van der Waals surface area contributed by atoms with Gasteiger partial charge < -0.3 is 14.4 Å². The molecule has 2 atom stereocenters. The fraction of sp³-hybridized carbons (Fsp3) is 0.647. The van der Waals surface area contributed by atoms with E-state index < -0.39 is 0 Å². The highest BCUT2D eigenvalue weighted by Gasteiger charge is 2.47. The Morgan fingerprint density at radius 3 is 3.14 bits per heavy atom. The van der Waals surface area contributed by atoms with Gasteiger partial charge in [-0.05, 0) is 31.9 Å². The largest absolute Gasteiger partial charge is 0.384 e. The molecule has 0 unspecified atom stereocenters. The highest BCUT2D eigenvalue weighted by atomic mass is 16.5. The maximum atomic E-state index is 12.7. The normalized spacial score (nSPS) is 28.3. The molecule has 1 saturated carbocycles. The minimum atomic E-state index is -0.220. The molecular formula is C17H24N2O3. The van der Waals surface area contributed by atoms with Gasteiger partial charge in [0.2, 0.25) is 0 Å². The van der Waals surface area contributed by atoms with Crippen LogP contribution >= 0.6 is 0 Å². The predicted octanol–water partition coefficient (Wildman–Crippen LogP) is 2.05. The van der Waals surface area contributed by atoms with E-state index in [-0.39, 0.29) is 11.5 Å². The predicted molar refractivity (Wildman–Crippen MR) is 82.8 cm³/mol. The van der Waals surface area contributed by atoms with Gasteiger partial charge in [0, 0.05) is 31.5 Å². The molecule has 1 aliphatic carbocycles. The Labute approximate surface area is 131 Å². The Bertz CT molecular complexity index is 531. The SMILES string of the molecule is COC[C@@H]1CCC[C@@]12CN(C(=O)c1ccc(C)nc1)CCO2. The van der Waals surface area contributed by atoms with Gasteiger partial charge in [0.25, 0.3) is 5.91 Å². The van der Waals surface area contributed by atoms with Gasteiger partial charge in [0.1, 0.15) is 0 Å². The van der Waals surface area contributed by atoms with E-state index in [0.717, 1.165) is 25.0 Å². The Balaban J connectivity index is 1.75. The third-order valence-electron chi connectivity index (χ3n) is 4.92. The van der Waals surface area contributed by atoms with Gasteiger partial charge in [-0.15, -0.1) is 0 Å². The molecule has 2 heterocycles. The topological polar surface area (TPSA) is 51.7 Å². The molecule has 120 valence electrons. The van der Waals surface area contributed by atoms with Crippen LogP contribution in [-0.4, -0.2) is 54.8 Å². The fourth-order valence-corrected chi connectivity index (χ4v) is 3.71. The molecule has 0 N–H and O–H groups in total. The summed E-state index contributed by atoms with van der Waals surface area (Å²) < 4.78 is 11.5. The number of aromatic nitrogens is 1. The summed E-state index contributed by atoms with van der Waals surface area (Å²) in [4.78, 5) is 18.9. The third kappa shape index (κ3) is 2.88. The fourth-order valence-electron chi connectivity index (χ4n) is 3.71. The first-order valence-electron chi connectivity index (χ1n) is 7.99. The molecule has 0 radical (unpaired) electrons. The molecule has 5 nitrogen and oxygen atoms in total. The first-order valence-corrected chi connectivity index (χ1v) is 7.99. The molecule has 3 rings (SSSR count). The van der Waals surface area contributed by atoms with E-state index >= 15 is 0 Å². The molecule has 2 aliphatic rings. The molecule has 0 aromatic carbocycles. The van der Waals surface area contributed by atoms with Crippen LogP contribution in [0.4, 0.5) is 0 Å². The summed E-state index contributed by atoms with van der Waals surface area (Å²) >= 11 is 0. The summed E-state index contributed by atoms with van der Waals surface area (Å²) in [5.74, 6) is 0.433. The number of hydrogen-bond acceptors (Lipinski definition) is 4. The van der Waals surface area contributed by atoms with E-state index in [2.05, 4.69) is 4.98 Å². The number of pyridine rings is 1. The van der Waals surface area contributed by atoms with Crippen LogP contribution in [0.5, 0.6) is 0 Å². The minimum absolute atomic E-state index is 0.0539. The second-order valence-corrected chi connectivity index (χ2v) is 6.37. The van der Waals surface area contributed by atoms with E-state index in [1.807, 2.05) is 24.0 Å². The van der Waals surface area contributed by atoms with E-state index in [1.54, 1.807) is 13.3 Å². The van der Waals surface area contributed by atoms with Crippen molar-refractivity contribution in [1.82, 2.24) is 9.88 Å². The Hall–Kier alpha value is -1.46. The van der Waals surface area contributed by atoms with Crippen molar-refractivity contribution in [3.05, 3.63) is 29.6 Å². The van der Waals surface area contributed by atoms with Gasteiger partial charge in [-0.1, -0.05) is 6.42 Å². The van der Waals surface area contributed by atoms with Gasteiger partial charge in [0.15, 0.2) is 0 Å². The molecule has 1 amide bonds. The van der Waals surface area contributed by atoms with Crippen LogP contribution in [0.25, 0.3) is 0 Å². The van der Waals surface area contributed by atoms with Crippen molar-refractivity contribution in [2.24, 2.45) is 5.92 Å². The Morgan fingerprint density at radius 1 is 1.55 bits per heavy atom. The van der Waals surface area contributed by atoms with Gasteiger partial charge >= 0.3 is 0 Å². The molecule has 1 aromatic heterocycles. The molecule has 0 bridgehead atoms. The van der Waals surface area contributed by atoms with Crippen LogP contribution in [0.2, 0.25) is 0 Å². The first-order chi connectivity index (χ1) is 10.6. The number of aryl methyl sites for hydroxylation is 1. The van der Waals surface area contributed by atoms with Crippen molar-refractivity contribution < 1.29 is 14.3 Å². The molecule has 5 heteroatoms. The van der Waals surface area contributed by atoms with Crippen LogP contribution in [0.1, 0.15) is 35.3 Å². The standard InChI is InChI=1S/C17H24N2O3/c1-13-5-6-14(10-18-13)16(20)19-8-9-22-17(12-19)7-3-4-15(17)11-21-2/h5-6,10,15H,3-4,7-9,11-12H2,1-2H3/t15-,17+/m0/s1. The number of hydrogen-bond donors (Lipinski definition) is 0. The second-order valence-electron chi connectivity index (χ2n) is 6.37. The number of nitrogens with zero attached hydrogens (tertiary/aromatic N) is 2. The molecule has 22 heavy (non-hydrogen) atoms. The first kappa shape index (κ1) is 15.4. The van der Waals surface area contributed by atoms with Crippen LogP contribution in [0.3, 0.4) is 0 Å². The number of amides is 1. The highest BCUT2D eigenvalue weighted by molar-refractivity contribution is 5.94. The Kier molecular flexibility index (Phi) is 4.45. The number of carbonyl (C=O) groups is 1. The lowest BCUT2D eigenvalue weighted by Gasteiger charge is -2.44. The van der Waals surface area contributed by atoms with E-state index in [9.17, 15) is 4.79 Å². The van der Waals surface area contributed by atoms with E-state index in [1.165, 1.54) is 0 Å². The lowest BCUT2D eigenvalue weighted by molar-refractivity contribution is -0.130. The number of methoxy groups -OCH3 is 1. The molecule has 1 spiro atoms. The van der Waals surface area contributed by atoms with Crippen molar-refractivity contribution in [3.8, 4) is 0 Å². The molecule has 1 saturated heterocycles. The number of ether oxygens (including phenoxy) is 2. The van der Waals surface area contributed by atoms with Crippen LogP contribution in [0, 0.1) is 12.8 Å². The summed E-state index contributed by atoms with van der Waals surface area (Å²) in [5.41, 5.74) is 1.36. The van der Waals surface area contributed by atoms with Crippen molar-refractivity contribution in [2.75, 3.05) is 33.4 Å². The van der Waals surface area contributed by atoms with Crippen LogP contribution < -0.4 is 0 Å². The second kappa shape index (κ2) is 6.34. The van der Waals surface area contributed by atoms with Crippen molar-refractivity contribution in [2.45, 2.75) is 31.8 Å². The van der Waals surface area contributed by atoms with Gasteiger partial charge in [-0.25, -0.2) is 0 Å². The number of carbonyl (C=O) groups excluding carboxylic acids is 1. The average molecular weight is 304 g/mol. The number of morpholine rings is 1. The van der Waals surface area contributed by atoms with Crippen molar-refractivity contribution in [3.63, 3.8) is 0 Å². The summed E-state index contributed by atoms with van der Waals surface area (Å²) in [7, 11) is 1.73. The minimum Gasteiger partial charge on any atom is -0.384 e. The van der Waals surface area contributed by atoms with Gasteiger partial charge in [0.05, 0.1) is 30.9 Å². The van der Waals surface area contributed by atoms with Gasteiger partial charge in [-0.2, -0.15) is 0 Å². The van der Waals surface area contributed by atoms with Crippen LogP contribution in [0.15, 0.2) is 18.3 Å². The maximum Gasteiger partial charge on any atom is 0.255 e. The maximum absolute atomic E-state index is 12.7. The summed E-state index contributed by atoms with van der Waals surface area (Å²) in [6, 6.07) is 3.74. The third-order valence-corrected chi connectivity index (χ3v) is 4.92. The van der Waals surface area contributed by atoms with Crippen molar-refractivity contribution in [1.29, 1.82) is 0 Å². The average Bonchev–Trinajstić information content (AvgIpc) is 2.90. The molecule has 2 fully saturated rings. The lowest BCUT2D eigenvalue weighted by Crippen LogP contribution is -2.56.